The van der Waals surface area contributed by atoms with Gasteiger partial charge in [-0.15, -0.1) is 0 Å². The average molecular weight is 261 g/mol. The van der Waals surface area contributed by atoms with Crippen molar-refractivity contribution in [3.05, 3.63) is 66.2 Å². The fourth-order valence-corrected chi connectivity index (χ4v) is 2.13. The second-order valence-corrected chi connectivity index (χ2v) is 4.93. The molecule has 0 aromatic heterocycles. The van der Waals surface area contributed by atoms with E-state index in [2.05, 4.69) is 4.99 Å². The molecule has 0 bridgehead atoms. The minimum absolute atomic E-state index is 0.351. The highest BCUT2D eigenvalue weighted by molar-refractivity contribution is 8.02. The van der Waals surface area contributed by atoms with Crippen LogP contribution in [0.4, 0.5) is 5.69 Å². The van der Waals surface area contributed by atoms with Crippen LogP contribution in [0.2, 0.25) is 0 Å². The van der Waals surface area contributed by atoms with Gasteiger partial charge in [-0.1, -0.05) is 48.5 Å². The monoisotopic (exact) mass is 261 g/mol. The lowest BCUT2D eigenvalue weighted by atomic mass is 10.2. The molecule has 2 rings (SSSR count). The van der Waals surface area contributed by atoms with E-state index in [1.54, 1.807) is 60.7 Å². The van der Waals surface area contributed by atoms with Crippen molar-refractivity contribution >= 4 is 20.8 Å². The van der Waals surface area contributed by atoms with Gasteiger partial charge < -0.3 is 0 Å². The molecule has 5 heteroatoms. The second kappa shape index (κ2) is 5.12. The van der Waals surface area contributed by atoms with Gasteiger partial charge in [0, 0.05) is 5.56 Å². The number of hydrogen-bond acceptors (Lipinski definition) is 3. The Morgan fingerprint density at radius 2 is 1.39 bits per heavy atom. The first-order chi connectivity index (χ1) is 8.57. The first-order valence-corrected chi connectivity index (χ1v) is 6.68. The van der Waals surface area contributed by atoms with E-state index in [-0.39, 0.29) is 5.04 Å². The minimum atomic E-state index is -4.37. The van der Waals surface area contributed by atoms with Crippen LogP contribution in [0.3, 0.4) is 0 Å². The Bertz CT molecular complexity index is 649. The molecule has 0 heterocycles. The van der Waals surface area contributed by atoms with E-state index in [0.717, 1.165) is 0 Å². The zero-order chi connectivity index (χ0) is 13.0. The van der Waals surface area contributed by atoms with Gasteiger partial charge in [-0.2, -0.15) is 8.42 Å². The van der Waals surface area contributed by atoms with Crippen LogP contribution >= 0.6 is 0 Å². The van der Waals surface area contributed by atoms with Gasteiger partial charge in [0.1, 0.15) is 0 Å². The smallest absolute Gasteiger partial charge is 0.281 e. The Kier molecular flexibility index (Phi) is 3.55. The van der Waals surface area contributed by atoms with E-state index in [9.17, 15) is 13.0 Å². The molecule has 0 spiro atoms. The lowest BCUT2D eigenvalue weighted by molar-refractivity contribution is 0.498. The number of benzene rings is 2. The zero-order valence-corrected chi connectivity index (χ0v) is 10.2. The van der Waals surface area contributed by atoms with Crippen molar-refractivity contribution in [3.63, 3.8) is 0 Å². The summed E-state index contributed by atoms with van der Waals surface area (Å²) in [5.41, 5.74) is 0.817. The average Bonchev–Trinajstić information content (AvgIpc) is 2.37. The Morgan fingerprint density at radius 1 is 0.889 bits per heavy atom. The van der Waals surface area contributed by atoms with E-state index in [1.165, 1.54) is 0 Å². The van der Waals surface area contributed by atoms with Crippen LogP contribution in [0, 0.1) is 0 Å². The number of hydrogen-bond donors (Lipinski definition) is 1. The molecule has 18 heavy (non-hydrogen) atoms. The number of aliphatic imine (C=N–C) groups is 1. The topological polar surface area (TPSA) is 66.7 Å². The van der Waals surface area contributed by atoms with Crippen molar-refractivity contribution in [1.29, 1.82) is 0 Å². The molecule has 0 atom stereocenters. The lowest BCUT2D eigenvalue weighted by Crippen LogP contribution is -2.14. The molecule has 0 unspecified atom stereocenters. The standard InChI is InChI=1S/C13H11NO3S/c15-18(16,17)13(11-7-3-1-4-8-11)14-12-9-5-2-6-10-12/h1-10H,(H,15,16,17). The highest BCUT2D eigenvalue weighted by atomic mass is 32.2. The molecule has 2 aromatic rings. The zero-order valence-electron chi connectivity index (χ0n) is 9.39. The molecule has 0 aliphatic heterocycles. The fraction of sp³-hybridized carbons (Fsp3) is 0. The van der Waals surface area contributed by atoms with Gasteiger partial charge >= 0.3 is 10.1 Å². The number of para-hydroxylation sites is 1. The predicted molar refractivity (Wildman–Crippen MR) is 70.6 cm³/mol. The van der Waals surface area contributed by atoms with E-state index < -0.39 is 10.1 Å². The summed E-state index contributed by atoms with van der Waals surface area (Å²) in [6, 6.07) is 16.9. The van der Waals surface area contributed by atoms with Gasteiger partial charge in [0.2, 0.25) is 0 Å². The normalized spacial score (nSPS) is 12.4. The molecule has 92 valence electrons. The maximum absolute atomic E-state index is 11.4. The fourth-order valence-electron chi connectivity index (χ4n) is 1.47. The molecular formula is C13H11NO3S. The summed E-state index contributed by atoms with van der Waals surface area (Å²) in [5.74, 6) is 0. The Morgan fingerprint density at radius 3 is 1.89 bits per heavy atom. The molecule has 0 aliphatic rings. The van der Waals surface area contributed by atoms with Crippen molar-refractivity contribution in [2.45, 2.75) is 0 Å². The van der Waals surface area contributed by atoms with E-state index in [0.29, 0.717) is 11.3 Å². The maximum atomic E-state index is 11.4. The third kappa shape index (κ3) is 3.03. The van der Waals surface area contributed by atoms with Crippen LogP contribution in [-0.4, -0.2) is 18.0 Å². The molecule has 0 amide bonds. The molecule has 2 aromatic carbocycles. The molecule has 0 radical (unpaired) electrons. The molecule has 4 nitrogen and oxygen atoms in total. The van der Waals surface area contributed by atoms with Crippen LogP contribution in [0.25, 0.3) is 0 Å². The SMILES string of the molecule is O=S(=O)(O)C(=Nc1ccccc1)c1ccccc1. The Hall–Kier alpha value is -1.98. The molecule has 0 saturated carbocycles. The quantitative estimate of drug-likeness (QED) is 0.513. The summed E-state index contributed by atoms with van der Waals surface area (Å²) in [5, 5.41) is -0.352. The van der Waals surface area contributed by atoms with Gasteiger partial charge in [-0.25, -0.2) is 4.99 Å². The molecule has 0 fully saturated rings. The molecule has 1 N–H and O–H groups in total. The van der Waals surface area contributed by atoms with Crippen molar-refractivity contribution in [3.8, 4) is 0 Å². The summed E-state index contributed by atoms with van der Waals surface area (Å²) in [6.07, 6.45) is 0. The van der Waals surface area contributed by atoms with Crippen molar-refractivity contribution in [2.24, 2.45) is 4.99 Å². The summed E-state index contributed by atoms with van der Waals surface area (Å²) >= 11 is 0. The van der Waals surface area contributed by atoms with Crippen LogP contribution < -0.4 is 0 Å². The Balaban J connectivity index is 2.56. The van der Waals surface area contributed by atoms with Gasteiger partial charge in [-0.3, -0.25) is 4.55 Å². The summed E-state index contributed by atoms with van der Waals surface area (Å²) in [7, 11) is -4.37. The van der Waals surface area contributed by atoms with Crippen molar-refractivity contribution < 1.29 is 13.0 Å². The largest absolute Gasteiger partial charge is 0.312 e. The highest BCUT2D eigenvalue weighted by Gasteiger charge is 2.18. The first kappa shape index (κ1) is 12.5. The summed E-state index contributed by atoms with van der Waals surface area (Å²) < 4.78 is 32.0. The highest BCUT2D eigenvalue weighted by Crippen LogP contribution is 2.15. The predicted octanol–water partition coefficient (Wildman–Crippen LogP) is 2.65. The molecule has 0 aliphatic carbocycles. The molecule has 0 saturated heterocycles. The van der Waals surface area contributed by atoms with Crippen LogP contribution in [0.1, 0.15) is 5.56 Å². The van der Waals surface area contributed by atoms with Crippen LogP contribution in [-0.2, 0) is 10.1 Å². The lowest BCUT2D eigenvalue weighted by Gasteiger charge is -2.03. The van der Waals surface area contributed by atoms with Gasteiger partial charge in [0.25, 0.3) is 0 Å². The van der Waals surface area contributed by atoms with Crippen LogP contribution in [0.5, 0.6) is 0 Å². The third-order valence-corrected chi connectivity index (χ3v) is 3.07. The van der Waals surface area contributed by atoms with Crippen molar-refractivity contribution in [1.82, 2.24) is 0 Å². The van der Waals surface area contributed by atoms with E-state index in [1.807, 2.05) is 0 Å². The second-order valence-electron chi connectivity index (χ2n) is 3.59. The number of nitrogens with zero attached hydrogens (tertiary/aromatic N) is 1. The van der Waals surface area contributed by atoms with Gasteiger partial charge in [0.05, 0.1) is 5.69 Å². The molecular weight excluding hydrogens is 250 g/mol. The Labute approximate surface area is 105 Å². The first-order valence-electron chi connectivity index (χ1n) is 5.24. The third-order valence-electron chi connectivity index (χ3n) is 2.25. The van der Waals surface area contributed by atoms with Crippen LogP contribution in [0.15, 0.2) is 65.7 Å². The van der Waals surface area contributed by atoms with Gasteiger partial charge in [0.15, 0.2) is 5.04 Å². The maximum Gasteiger partial charge on any atom is 0.312 e. The van der Waals surface area contributed by atoms with E-state index in [4.69, 9.17) is 0 Å². The van der Waals surface area contributed by atoms with Gasteiger partial charge in [-0.05, 0) is 12.1 Å². The van der Waals surface area contributed by atoms with Crippen molar-refractivity contribution in [2.75, 3.05) is 0 Å². The minimum Gasteiger partial charge on any atom is -0.281 e. The van der Waals surface area contributed by atoms with E-state index >= 15 is 0 Å². The summed E-state index contributed by atoms with van der Waals surface area (Å²) in [4.78, 5) is 3.98. The number of rotatable bonds is 2. The summed E-state index contributed by atoms with van der Waals surface area (Å²) in [6.45, 7) is 0.